The van der Waals surface area contributed by atoms with Crippen molar-refractivity contribution in [1.82, 2.24) is 24.1 Å². The first-order valence-electron chi connectivity index (χ1n) is 10.3. The first kappa shape index (κ1) is 23.4. The van der Waals surface area contributed by atoms with Crippen LogP contribution in [0.25, 0.3) is 15.2 Å². The van der Waals surface area contributed by atoms with E-state index in [1.165, 1.54) is 42.7 Å². The molecule has 1 aromatic carbocycles. The first-order valence-corrected chi connectivity index (χ1v) is 11.1. The van der Waals surface area contributed by atoms with Crippen LogP contribution in [0.2, 0.25) is 0 Å². The summed E-state index contributed by atoms with van der Waals surface area (Å²) in [6, 6.07) is 6.83. The topological polar surface area (TPSA) is 141 Å². The van der Waals surface area contributed by atoms with Gasteiger partial charge in [0.15, 0.2) is 0 Å². The molecule has 34 heavy (non-hydrogen) atoms. The second-order valence-corrected chi connectivity index (χ2v) is 9.16. The van der Waals surface area contributed by atoms with Crippen molar-refractivity contribution in [2.45, 2.75) is 39.0 Å². The second-order valence-electron chi connectivity index (χ2n) is 8.19. The number of aryl methyl sites for hydroxylation is 1. The number of aromatic nitrogens is 5. The van der Waals surface area contributed by atoms with Gasteiger partial charge in [-0.2, -0.15) is 10.2 Å². The number of aliphatic hydroxyl groups is 1. The van der Waals surface area contributed by atoms with Gasteiger partial charge in [0, 0.05) is 11.1 Å². The molecular weight excluding hydrogens is 462 g/mol. The molecule has 178 valence electrons. The largest absolute Gasteiger partial charge is 0.496 e. The highest BCUT2D eigenvalue weighted by atomic mass is 32.1. The van der Waals surface area contributed by atoms with Crippen LogP contribution < -0.4 is 16.0 Å². The number of para-hydroxylation sites is 1. The molecule has 0 aliphatic carbocycles. The van der Waals surface area contributed by atoms with Crippen LogP contribution in [0, 0.1) is 6.92 Å². The Morgan fingerprint density at radius 1 is 1.21 bits per heavy atom. The van der Waals surface area contributed by atoms with E-state index in [0.717, 1.165) is 11.3 Å². The van der Waals surface area contributed by atoms with Gasteiger partial charge in [0.25, 0.3) is 5.56 Å². The molecule has 0 radical (unpaired) electrons. The van der Waals surface area contributed by atoms with E-state index >= 15 is 0 Å². The SMILES string of the molecule is COc1ccccc1[C@H](O)Cn1c(=O)n(C(C)(C)C(=O)O)c(=O)c2c(C)c(-n3nccn3)sc21. The molecule has 3 heterocycles. The predicted octanol–water partition coefficient (Wildman–Crippen LogP) is 1.68. The van der Waals surface area contributed by atoms with Crippen molar-refractivity contribution in [3.8, 4) is 10.8 Å². The maximum atomic E-state index is 13.6. The molecule has 0 fully saturated rings. The third-order valence-corrected chi connectivity index (χ3v) is 7.00. The van der Waals surface area contributed by atoms with Gasteiger partial charge in [-0.05, 0) is 26.8 Å². The minimum Gasteiger partial charge on any atom is -0.496 e. The van der Waals surface area contributed by atoms with Gasteiger partial charge in [-0.15, -0.1) is 4.80 Å². The zero-order valence-electron chi connectivity index (χ0n) is 18.9. The van der Waals surface area contributed by atoms with Gasteiger partial charge in [-0.3, -0.25) is 9.36 Å². The van der Waals surface area contributed by atoms with Crippen molar-refractivity contribution >= 4 is 27.5 Å². The molecule has 0 spiro atoms. The number of hydrogen-bond acceptors (Lipinski definition) is 8. The summed E-state index contributed by atoms with van der Waals surface area (Å²) in [5, 5.41) is 29.7. The number of fused-ring (bicyclic) bond motifs is 1. The van der Waals surface area contributed by atoms with Gasteiger partial charge in [-0.1, -0.05) is 29.5 Å². The van der Waals surface area contributed by atoms with Crippen molar-refractivity contribution in [2.75, 3.05) is 7.11 Å². The number of aliphatic carboxylic acids is 1. The Morgan fingerprint density at radius 3 is 2.47 bits per heavy atom. The molecule has 0 saturated heterocycles. The fourth-order valence-electron chi connectivity index (χ4n) is 3.81. The Balaban J connectivity index is 2.03. The fourth-order valence-corrected chi connectivity index (χ4v) is 5.03. The van der Waals surface area contributed by atoms with Gasteiger partial charge < -0.3 is 14.9 Å². The molecule has 0 aliphatic heterocycles. The van der Waals surface area contributed by atoms with E-state index in [2.05, 4.69) is 10.2 Å². The second kappa shape index (κ2) is 8.54. The average molecular weight is 486 g/mol. The van der Waals surface area contributed by atoms with Gasteiger partial charge in [0.2, 0.25) is 0 Å². The van der Waals surface area contributed by atoms with Crippen LogP contribution in [0.5, 0.6) is 5.75 Å². The van der Waals surface area contributed by atoms with Crippen LogP contribution >= 0.6 is 11.3 Å². The van der Waals surface area contributed by atoms with Crippen LogP contribution in [0.1, 0.15) is 31.1 Å². The van der Waals surface area contributed by atoms with E-state index in [-0.39, 0.29) is 16.8 Å². The number of rotatable bonds is 7. The standard InChI is InChI=1S/C22H23N5O6S/c1-12-16-17(29)26(22(2,3)20(30)31)21(32)25(19(16)34-18(12)27-23-9-10-24-27)11-14(28)13-7-5-6-8-15(13)33-4/h5-10,14,28H,11H2,1-4H3,(H,30,31)/t14-/m1/s1. The number of thiophene rings is 1. The Labute approximate surface area is 197 Å². The fraction of sp³-hybridized carbons (Fsp3) is 0.318. The Kier molecular flexibility index (Phi) is 5.87. The molecule has 0 saturated carbocycles. The Morgan fingerprint density at radius 2 is 1.85 bits per heavy atom. The van der Waals surface area contributed by atoms with Crippen LogP contribution in [0.3, 0.4) is 0 Å². The van der Waals surface area contributed by atoms with Crippen molar-refractivity contribution in [2.24, 2.45) is 0 Å². The van der Waals surface area contributed by atoms with Crippen LogP contribution in [0.4, 0.5) is 0 Å². The maximum Gasteiger partial charge on any atom is 0.333 e. The number of carboxylic acids is 1. The highest BCUT2D eigenvalue weighted by Gasteiger charge is 2.35. The molecule has 0 unspecified atom stereocenters. The summed E-state index contributed by atoms with van der Waals surface area (Å²) in [5.41, 5.74) is -2.47. The molecule has 4 aromatic rings. The lowest BCUT2D eigenvalue weighted by atomic mass is 10.1. The third-order valence-electron chi connectivity index (χ3n) is 5.72. The van der Waals surface area contributed by atoms with E-state index in [9.17, 15) is 24.6 Å². The zero-order valence-corrected chi connectivity index (χ0v) is 19.7. The van der Waals surface area contributed by atoms with Gasteiger partial charge in [0.05, 0.1) is 31.4 Å². The molecular formula is C22H23N5O6S. The van der Waals surface area contributed by atoms with Crippen molar-refractivity contribution in [3.05, 3.63) is 68.6 Å². The van der Waals surface area contributed by atoms with E-state index in [0.29, 0.717) is 26.4 Å². The molecule has 3 aromatic heterocycles. The minimum atomic E-state index is -1.84. The Hall–Kier alpha value is -3.77. The molecule has 12 heteroatoms. The van der Waals surface area contributed by atoms with Gasteiger partial charge in [-0.25, -0.2) is 14.2 Å². The smallest absolute Gasteiger partial charge is 0.333 e. The number of benzene rings is 1. The molecule has 0 bridgehead atoms. The molecule has 1 atom stereocenters. The lowest BCUT2D eigenvalue weighted by Crippen LogP contribution is -2.52. The number of methoxy groups -OCH3 is 1. The highest BCUT2D eigenvalue weighted by molar-refractivity contribution is 7.21. The molecule has 2 N–H and O–H groups in total. The molecule has 0 aliphatic rings. The highest BCUT2D eigenvalue weighted by Crippen LogP contribution is 2.32. The molecule has 11 nitrogen and oxygen atoms in total. The van der Waals surface area contributed by atoms with E-state index < -0.39 is 28.9 Å². The third kappa shape index (κ3) is 3.60. The minimum absolute atomic E-state index is 0.165. The Bertz CT molecular complexity index is 1500. The number of hydrogen-bond donors (Lipinski definition) is 2. The summed E-state index contributed by atoms with van der Waals surface area (Å²) in [4.78, 5) is 40.6. The van der Waals surface area contributed by atoms with E-state index in [1.807, 2.05) is 0 Å². The lowest BCUT2D eigenvalue weighted by Gasteiger charge is -2.24. The summed E-state index contributed by atoms with van der Waals surface area (Å²) < 4.78 is 7.27. The number of ether oxygens (including phenoxy) is 1. The molecule has 4 rings (SSSR count). The van der Waals surface area contributed by atoms with Crippen LogP contribution in [-0.2, 0) is 16.9 Å². The van der Waals surface area contributed by atoms with Gasteiger partial charge >= 0.3 is 11.7 Å². The summed E-state index contributed by atoms with van der Waals surface area (Å²) in [6.45, 7) is 4.01. The van der Waals surface area contributed by atoms with Crippen LogP contribution in [0.15, 0.2) is 46.2 Å². The van der Waals surface area contributed by atoms with E-state index in [4.69, 9.17) is 4.74 Å². The molecule has 0 amide bonds. The quantitative estimate of drug-likeness (QED) is 0.403. The van der Waals surface area contributed by atoms with Crippen molar-refractivity contribution in [3.63, 3.8) is 0 Å². The monoisotopic (exact) mass is 485 g/mol. The zero-order chi connectivity index (χ0) is 24.8. The summed E-state index contributed by atoms with van der Waals surface area (Å²) in [6.07, 6.45) is 1.78. The van der Waals surface area contributed by atoms with Gasteiger partial charge in [0.1, 0.15) is 27.2 Å². The number of nitrogens with zero attached hydrogens (tertiary/aromatic N) is 5. The van der Waals surface area contributed by atoms with Crippen LogP contribution in [-0.4, -0.2) is 47.4 Å². The first-order chi connectivity index (χ1) is 16.1. The maximum absolute atomic E-state index is 13.6. The summed E-state index contributed by atoms with van der Waals surface area (Å²) >= 11 is 1.11. The number of carboxylic acid groups (broad SMARTS) is 1. The average Bonchev–Trinajstić information content (AvgIpc) is 3.44. The van der Waals surface area contributed by atoms with Crippen molar-refractivity contribution in [1.29, 1.82) is 0 Å². The lowest BCUT2D eigenvalue weighted by molar-refractivity contribution is -0.146. The normalized spacial score (nSPS) is 12.7. The predicted molar refractivity (Wildman–Crippen MR) is 125 cm³/mol. The number of aliphatic hydroxyl groups excluding tert-OH is 1. The van der Waals surface area contributed by atoms with Crippen molar-refractivity contribution < 1.29 is 19.7 Å². The van der Waals surface area contributed by atoms with E-state index in [1.54, 1.807) is 31.2 Å². The summed E-state index contributed by atoms with van der Waals surface area (Å²) in [5.74, 6) is -0.910. The number of carbonyl (C=O) groups is 1. The summed E-state index contributed by atoms with van der Waals surface area (Å²) in [7, 11) is 1.47.